The van der Waals surface area contributed by atoms with E-state index in [4.69, 9.17) is 5.84 Å². The first kappa shape index (κ1) is 13.6. The third-order valence-electron chi connectivity index (χ3n) is 2.89. The molecule has 1 heterocycles. The lowest BCUT2D eigenvalue weighted by molar-refractivity contribution is 0.429. The number of nitrogens with one attached hydrogen (secondary N) is 1. The number of hydrogen-bond donors (Lipinski definition) is 2. The van der Waals surface area contributed by atoms with Gasteiger partial charge in [-0.25, -0.2) is 23.6 Å². The number of nitrogens with zero attached hydrogens (tertiary/aromatic N) is 2. The molecule has 0 bridgehead atoms. The van der Waals surface area contributed by atoms with Crippen LogP contribution in [0.5, 0.6) is 0 Å². The van der Waals surface area contributed by atoms with Gasteiger partial charge < -0.3 is 4.57 Å². The highest BCUT2D eigenvalue weighted by Gasteiger charge is 2.24. The molecule has 0 amide bonds. The molecule has 1 aromatic heterocycles. The van der Waals surface area contributed by atoms with E-state index in [9.17, 15) is 13.2 Å². The number of imidazole rings is 1. The molecule has 0 saturated heterocycles. The van der Waals surface area contributed by atoms with Crippen molar-refractivity contribution in [1.29, 1.82) is 0 Å². The average Bonchev–Trinajstić information content (AvgIpc) is 2.88. The Balaban J connectivity index is 2.52. The van der Waals surface area contributed by atoms with Gasteiger partial charge in [0.2, 0.25) is 0 Å². The second-order valence-electron chi connectivity index (χ2n) is 3.94. The summed E-state index contributed by atoms with van der Waals surface area (Å²) in [7, 11) is 0. The van der Waals surface area contributed by atoms with Gasteiger partial charge in [-0.2, -0.15) is 0 Å². The van der Waals surface area contributed by atoms with Crippen molar-refractivity contribution in [3.8, 4) is 0 Å². The van der Waals surface area contributed by atoms with Crippen LogP contribution in [0, 0.1) is 17.5 Å². The minimum Gasteiger partial charge on any atom is -0.334 e. The van der Waals surface area contributed by atoms with Crippen molar-refractivity contribution in [3.63, 3.8) is 0 Å². The van der Waals surface area contributed by atoms with Crippen LogP contribution in [0.3, 0.4) is 0 Å². The maximum atomic E-state index is 13.8. The molecule has 0 aliphatic carbocycles. The molecule has 0 spiro atoms. The topological polar surface area (TPSA) is 55.9 Å². The van der Waals surface area contributed by atoms with E-state index in [1.54, 1.807) is 10.8 Å². The third-order valence-corrected chi connectivity index (χ3v) is 2.89. The lowest BCUT2D eigenvalue weighted by Crippen LogP contribution is -2.32. The summed E-state index contributed by atoms with van der Waals surface area (Å²) in [5.41, 5.74) is 2.28. The Hall–Kier alpha value is -1.86. The number of aryl methyl sites for hydroxylation is 1. The zero-order valence-electron chi connectivity index (χ0n) is 10.2. The van der Waals surface area contributed by atoms with Gasteiger partial charge in [-0.1, -0.05) is 6.07 Å². The molecule has 19 heavy (non-hydrogen) atoms. The van der Waals surface area contributed by atoms with E-state index >= 15 is 0 Å². The SMILES string of the molecule is CCn1ccnc1C(NN)c1ccc(F)c(F)c1F. The summed E-state index contributed by atoms with van der Waals surface area (Å²) in [6, 6.07) is 1.15. The van der Waals surface area contributed by atoms with E-state index in [0.29, 0.717) is 12.4 Å². The highest BCUT2D eigenvalue weighted by atomic mass is 19.2. The normalized spacial score (nSPS) is 12.7. The fraction of sp³-hybridized carbons (Fsp3) is 0.250. The van der Waals surface area contributed by atoms with Crippen LogP contribution in [-0.4, -0.2) is 9.55 Å². The predicted octanol–water partition coefficient (Wildman–Crippen LogP) is 1.87. The Morgan fingerprint density at radius 2 is 2.05 bits per heavy atom. The minimum absolute atomic E-state index is 0.0951. The van der Waals surface area contributed by atoms with E-state index in [-0.39, 0.29) is 5.56 Å². The van der Waals surface area contributed by atoms with Gasteiger partial charge in [0.25, 0.3) is 0 Å². The van der Waals surface area contributed by atoms with Crippen molar-refractivity contribution in [3.05, 3.63) is 53.4 Å². The summed E-state index contributed by atoms with van der Waals surface area (Å²) in [6.07, 6.45) is 3.22. The van der Waals surface area contributed by atoms with Gasteiger partial charge in [0.15, 0.2) is 17.5 Å². The van der Waals surface area contributed by atoms with Crippen LogP contribution in [0.2, 0.25) is 0 Å². The number of nitrogens with two attached hydrogens (primary N) is 1. The molecule has 0 fully saturated rings. The molecule has 3 N–H and O–H groups in total. The highest BCUT2D eigenvalue weighted by molar-refractivity contribution is 5.28. The number of hydrazine groups is 1. The lowest BCUT2D eigenvalue weighted by Gasteiger charge is -2.18. The largest absolute Gasteiger partial charge is 0.334 e. The number of benzene rings is 1. The van der Waals surface area contributed by atoms with Gasteiger partial charge in [0.1, 0.15) is 11.9 Å². The number of hydrogen-bond acceptors (Lipinski definition) is 3. The monoisotopic (exact) mass is 270 g/mol. The zero-order valence-corrected chi connectivity index (χ0v) is 10.2. The first-order chi connectivity index (χ1) is 9.10. The first-order valence-corrected chi connectivity index (χ1v) is 5.70. The molecule has 0 radical (unpaired) electrons. The van der Waals surface area contributed by atoms with E-state index in [1.165, 1.54) is 6.20 Å². The van der Waals surface area contributed by atoms with Gasteiger partial charge in [-0.15, -0.1) is 0 Å². The Morgan fingerprint density at radius 3 is 2.68 bits per heavy atom. The Morgan fingerprint density at radius 1 is 1.32 bits per heavy atom. The summed E-state index contributed by atoms with van der Waals surface area (Å²) in [5, 5.41) is 0. The fourth-order valence-corrected chi connectivity index (χ4v) is 1.92. The van der Waals surface area contributed by atoms with E-state index in [2.05, 4.69) is 10.4 Å². The standard InChI is InChI=1S/C12H13F3N4/c1-2-19-6-5-17-12(19)11(18-16)7-3-4-8(13)10(15)9(7)14/h3-6,11,18H,2,16H2,1H3. The van der Waals surface area contributed by atoms with Crippen LogP contribution >= 0.6 is 0 Å². The molecule has 1 atom stereocenters. The molecular formula is C12H13F3N4. The lowest BCUT2D eigenvalue weighted by atomic mass is 10.1. The van der Waals surface area contributed by atoms with Gasteiger partial charge >= 0.3 is 0 Å². The summed E-state index contributed by atoms with van der Waals surface area (Å²) in [6.45, 7) is 2.47. The van der Waals surface area contributed by atoms with Crippen LogP contribution in [0.25, 0.3) is 0 Å². The second kappa shape index (κ2) is 5.41. The van der Waals surface area contributed by atoms with Gasteiger partial charge in [0, 0.05) is 24.5 Å². The van der Waals surface area contributed by atoms with Crippen molar-refractivity contribution in [1.82, 2.24) is 15.0 Å². The predicted molar refractivity (Wildman–Crippen MR) is 63.4 cm³/mol. The van der Waals surface area contributed by atoms with Gasteiger partial charge in [0.05, 0.1) is 0 Å². The van der Waals surface area contributed by atoms with Gasteiger partial charge in [-0.05, 0) is 13.0 Å². The molecule has 2 aromatic rings. The molecule has 0 aliphatic heterocycles. The maximum absolute atomic E-state index is 13.8. The van der Waals surface area contributed by atoms with Crippen LogP contribution in [0.15, 0.2) is 24.5 Å². The number of aromatic nitrogens is 2. The highest BCUT2D eigenvalue weighted by Crippen LogP contribution is 2.25. The van der Waals surface area contributed by atoms with Crippen molar-refractivity contribution in [2.24, 2.45) is 5.84 Å². The Labute approximate surface area is 108 Å². The number of rotatable bonds is 4. The second-order valence-corrected chi connectivity index (χ2v) is 3.94. The average molecular weight is 270 g/mol. The van der Waals surface area contributed by atoms with Crippen molar-refractivity contribution < 1.29 is 13.2 Å². The molecule has 7 heteroatoms. The third kappa shape index (κ3) is 2.34. The number of halogens is 3. The summed E-state index contributed by atoms with van der Waals surface area (Å²) < 4.78 is 41.7. The van der Waals surface area contributed by atoms with Crippen LogP contribution in [-0.2, 0) is 6.54 Å². The maximum Gasteiger partial charge on any atom is 0.194 e. The minimum atomic E-state index is -1.52. The fourth-order valence-electron chi connectivity index (χ4n) is 1.92. The first-order valence-electron chi connectivity index (χ1n) is 5.70. The zero-order chi connectivity index (χ0) is 14.0. The van der Waals surface area contributed by atoms with E-state index in [0.717, 1.165) is 12.1 Å². The van der Waals surface area contributed by atoms with Crippen LogP contribution in [0.4, 0.5) is 13.2 Å². The van der Waals surface area contributed by atoms with Crippen LogP contribution in [0.1, 0.15) is 24.4 Å². The van der Waals surface area contributed by atoms with E-state index in [1.807, 2.05) is 6.92 Å². The molecular weight excluding hydrogens is 257 g/mol. The quantitative estimate of drug-likeness (QED) is 0.506. The van der Waals surface area contributed by atoms with Crippen molar-refractivity contribution >= 4 is 0 Å². The Kier molecular flexibility index (Phi) is 3.87. The summed E-state index contributed by atoms with van der Waals surface area (Å²) in [5.74, 6) is 1.79. The molecule has 1 unspecified atom stereocenters. The summed E-state index contributed by atoms with van der Waals surface area (Å²) >= 11 is 0. The van der Waals surface area contributed by atoms with Crippen molar-refractivity contribution in [2.75, 3.05) is 0 Å². The van der Waals surface area contributed by atoms with Crippen LogP contribution < -0.4 is 11.3 Å². The molecule has 102 valence electrons. The summed E-state index contributed by atoms with van der Waals surface area (Å²) in [4.78, 5) is 4.07. The molecule has 4 nitrogen and oxygen atoms in total. The van der Waals surface area contributed by atoms with Gasteiger partial charge in [-0.3, -0.25) is 5.84 Å². The van der Waals surface area contributed by atoms with E-state index < -0.39 is 23.5 Å². The molecule has 0 aliphatic rings. The van der Waals surface area contributed by atoms with Crippen molar-refractivity contribution in [2.45, 2.75) is 19.5 Å². The smallest absolute Gasteiger partial charge is 0.194 e. The molecule has 0 saturated carbocycles. The molecule has 2 rings (SSSR count). The Bertz CT molecular complexity index is 582. The molecule has 1 aromatic carbocycles.